The Kier molecular flexibility index (Phi) is 5.18. The van der Waals surface area contributed by atoms with Gasteiger partial charge in [-0.25, -0.2) is 4.98 Å². The molecule has 0 aliphatic heterocycles. The maximum atomic E-state index is 12.3. The largest absolute Gasteiger partial charge is 0.480 e. The molecule has 24 heavy (non-hydrogen) atoms. The first-order valence-electron chi connectivity index (χ1n) is 7.48. The summed E-state index contributed by atoms with van der Waals surface area (Å²) in [6, 6.07) is 1.45. The first-order chi connectivity index (χ1) is 11.3. The fraction of sp³-hybridized carbons (Fsp3) is 0.375. The molecule has 0 aliphatic carbocycles. The molecule has 8 nitrogen and oxygen atoms in total. The van der Waals surface area contributed by atoms with Crippen LogP contribution in [0.4, 0.5) is 5.69 Å². The fourth-order valence-corrected chi connectivity index (χ4v) is 2.74. The van der Waals surface area contributed by atoms with Crippen molar-refractivity contribution in [3.63, 3.8) is 0 Å². The van der Waals surface area contributed by atoms with Gasteiger partial charge in [0.2, 0.25) is 11.8 Å². The molecular weight excluding hydrogens is 310 g/mol. The molecule has 0 aliphatic rings. The van der Waals surface area contributed by atoms with Crippen LogP contribution in [0.25, 0.3) is 0 Å². The van der Waals surface area contributed by atoms with Crippen molar-refractivity contribution in [3.8, 4) is 5.88 Å². The molecule has 0 radical (unpaired) electrons. The Morgan fingerprint density at radius 3 is 2.67 bits per heavy atom. The molecule has 8 heteroatoms. The van der Waals surface area contributed by atoms with Crippen molar-refractivity contribution in [1.29, 1.82) is 0 Å². The molecule has 2 amide bonds. The highest BCUT2D eigenvalue weighted by Gasteiger charge is 2.18. The van der Waals surface area contributed by atoms with Gasteiger partial charge >= 0.3 is 0 Å². The Labute approximate surface area is 139 Å². The number of nitrogens with two attached hydrogens (primary N) is 1. The van der Waals surface area contributed by atoms with E-state index in [1.54, 1.807) is 0 Å². The molecule has 0 saturated carbocycles. The average molecular weight is 331 g/mol. The topological polar surface area (TPSA) is 123 Å². The number of primary amides is 1. The monoisotopic (exact) mass is 331 g/mol. The van der Waals surface area contributed by atoms with Crippen LogP contribution in [0.15, 0.2) is 12.3 Å². The van der Waals surface area contributed by atoms with Gasteiger partial charge < -0.3 is 15.8 Å². The van der Waals surface area contributed by atoms with Crippen LogP contribution in [0.5, 0.6) is 5.88 Å². The number of nitrogens with zero attached hydrogens (tertiary/aromatic N) is 2. The summed E-state index contributed by atoms with van der Waals surface area (Å²) in [6.07, 6.45) is 1.70. The number of methoxy groups -OCH3 is 1. The first kappa shape index (κ1) is 17.5. The molecular formula is C16H21N5O3. The molecule has 2 rings (SSSR count). The highest BCUT2D eigenvalue weighted by Crippen LogP contribution is 2.25. The predicted molar refractivity (Wildman–Crippen MR) is 89.0 cm³/mol. The number of rotatable bonds is 6. The number of H-pyrrole nitrogens is 1. The number of amides is 2. The normalized spacial score (nSPS) is 11.8. The Balaban J connectivity index is 2.10. The molecule has 2 heterocycles. The number of anilines is 1. The second kappa shape index (κ2) is 7.12. The summed E-state index contributed by atoms with van der Waals surface area (Å²) in [7, 11) is 1.39. The van der Waals surface area contributed by atoms with E-state index in [-0.39, 0.29) is 29.7 Å². The zero-order valence-corrected chi connectivity index (χ0v) is 14.1. The summed E-state index contributed by atoms with van der Waals surface area (Å²) >= 11 is 0. The van der Waals surface area contributed by atoms with Crippen LogP contribution >= 0.6 is 0 Å². The molecule has 1 unspecified atom stereocenters. The maximum Gasteiger partial charge on any atom is 0.254 e. The van der Waals surface area contributed by atoms with Gasteiger partial charge in [0.05, 0.1) is 24.7 Å². The number of aromatic amines is 1. The molecule has 128 valence electrons. The molecule has 1 atom stereocenters. The van der Waals surface area contributed by atoms with Gasteiger partial charge in [-0.2, -0.15) is 5.10 Å². The third-order valence-corrected chi connectivity index (χ3v) is 3.76. The van der Waals surface area contributed by atoms with E-state index in [2.05, 4.69) is 20.5 Å². The van der Waals surface area contributed by atoms with Gasteiger partial charge in [0.15, 0.2) is 0 Å². The Bertz CT molecular complexity index is 750. The second-order valence-electron chi connectivity index (χ2n) is 5.65. The number of pyridine rings is 1. The van der Waals surface area contributed by atoms with Crippen LogP contribution in [0, 0.1) is 13.8 Å². The smallest absolute Gasteiger partial charge is 0.254 e. The van der Waals surface area contributed by atoms with Crippen molar-refractivity contribution in [2.24, 2.45) is 5.73 Å². The number of carbonyl (C=O) groups excluding carboxylic acids is 2. The summed E-state index contributed by atoms with van der Waals surface area (Å²) in [5.74, 6) is -0.734. The van der Waals surface area contributed by atoms with Gasteiger partial charge in [-0.1, -0.05) is 6.92 Å². The summed E-state index contributed by atoms with van der Waals surface area (Å²) in [5, 5.41) is 9.79. The van der Waals surface area contributed by atoms with Gasteiger partial charge in [0.25, 0.3) is 5.91 Å². The molecule has 0 bridgehead atoms. The lowest BCUT2D eigenvalue weighted by Gasteiger charge is -2.13. The minimum Gasteiger partial charge on any atom is -0.480 e. The SMILES string of the molecule is COc1ncc(NC(=O)CC(C)c2c(C)n[nH]c2C)cc1C(N)=O. The molecule has 4 N–H and O–H groups in total. The summed E-state index contributed by atoms with van der Waals surface area (Å²) in [4.78, 5) is 27.6. The van der Waals surface area contributed by atoms with Crippen LogP contribution in [-0.4, -0.2) is 34.1 Å². The Hall–Kier alpha value is -2.90. The third-order valence-electron chi connectivity index (χ3n) is 3.76. The van der Waals surface area contributed by atoms with Gasteiger partial charge in [-0.3, -0.25) is 14.7 Å². The number of aromatic nitrogens is 3. The summed E-state index contributed by atoms with van der Waals surface area (Å²) in [6.45, 7) is 5.79. The number of hydrogen-bond acceptors (Lipinski definition) is 5. The van der Waals surface area contributed by atoms with E-state index in [1.807, 2.05) is 20.8 Å². The standard InChI is InChI=1S/C16H21N5O3/c1-8(14-9(2)20-21-10(14)3)5-13(22)19-11-6-12(15(17)23)16(24-4)18-7-11/h6-8H,5H2,1-4H3,(H2,17,23)(H,19,22)(H,20,21). The van der Waals surface area contributed by atoms with Crippen LogP contribution in [0.3, 0.4) is 0 Å². The number of aryl methyl sites for hydroxylation is 2. The van der Waals surface area contributed by atoms with E-state index < -0.39 is 5.91 Å². The first-order valence-corrected chi connectivity index (χ1v) is 7.48. The Morgan fingerprint density at radius 2 is 2.12 bits per heavy atom. The molecule has 2 aromatic rings. The highest BCUT2D eigenvalue weighted by molar-refractivity contribution is 5.97. The van der Waals surface area contributed by atoms with Crippen molar-refractivity contribution >= 4 is 17.5 Å². The van der Waals surface area contributed by atoms with Crippen molar-refractivity contribution < 1.29 is 14.3 Å². The molecule has 0 spiro atoms. The quantitative estimate of drug-likeness (QED) is 0.743. The summed E-state index contributed by atoms with van der Waals surface area (Å²) in [5.41, 5.74) is 8.67. The lowest BCUT2D eigenvalue weighted by Crippen LogP contribution is -2.17. The van der Waals surface area contributed by atoms with Gasteiger partial charge in [-0.15, -0.1) is 0 Å². The number of nitrogens with one attached hydrogen (secondary N) is 2. The third kappa shape index (κ3) is 3.70. The number of hydrogen-bond donors (Lipinski definition) is 3. The van der Waals surface area contributed by atoms with E-state index in [0.717, 1.165) is 17.0 Å². The lowest BCUT2D eigenvalue weighted by atomic mass is 9.95. The van der Waals surface area contributed by atoms with Crippen LogP contribution in [-0.2, 0) is 4.79 Å². The zero-order chi connectivity index (χ0) is 17.9. The molecule has 0 fully saturated rings. The van der Waals surface area contributed by atoms with Crippen molar-refractivity contribution in [2.45, 2.75) is 33.1 Å². The second-order valence-corrected chi connectivity index (χ2v) is 5.65. The average Bonchev–Trinajstić information content (AvgIpc) is 2.85. The molecule has 0 saturated heterocycles. The number of carbonyl (C=O) groups is 2. The van der Waals surface area contributed by atoms with Gasteiger partial charge in [-0.05, 0) is 31.4 Å². The van der Waals surface area contributed by atoms with Crippen molar-refractivity contribution in [3.05, 3.63) is 34.8 Å². The van der Waals surface area contributed by atoms with E-state index in [1.165, 1.54) is 19.4 Å². The molecule has 2 aromatic heterocycles. The minimum atomic E-state index is -0.673. The zero-order valence-electron chi connectivity index (χ0n) is 14.1. The fourth-order valence-electron chi connectivity index (χ4n) is 2.74. The van der Waals surface area contributed by atoms with Crippen LogP contribution < -0.4 is 15.8 Å². The van der Waals surface area contributed by atoms with E-state index in [4.69, 9.17) is 10.5 Å². The maximum absolute atomic E-state index is 12.3. The Morgan fingerprint density at radius 1 is 1.42 bits per heavy atom. The number of ether oxygens (including phenoxy) is 1. The highest BCUT2D eigenvalue weighted by atomic mass is 16.5. The predicted octanol–water partition coefficient (Wildman–Crippen LogP) is 1.66. The van der Waals surface area contributed by atoms with E-state index >= 15 is 0 Å². The van der Waals surface area contributed by atoms with Crippen molar-refractivity contribution in [1.82, 2.24) is 15.2 Å². The van der Waals surface area contributed by atoms with E-state index in [0.29, 0.717) is 5.69 Å². The molecule has 0 aromatic carbocycles. The van der Waals surface area contributed by atoms with Gasteiger partial charge in [0.1, 0.15) is 5.56 Å². The van der Waals surface area contributed by atoms with Gasteiger partial charge in [0, 0.05) is 12.1 Å². The van der Waals surface area contributed by atoms with Crippen molar-refractivity contribution in [2.75, 3.05) is 12.4 Å². The van der Waals surface area contributed by atoms with Crippen LogP contribution in [0.2, 0.25) is 0 Å². The minimum absolute atomic E-state index is 0.00516. The van der Waals surface area contributed by atoms with E-state index in [9.17, 15) is 9.59 Å². The lowest BCUT2D eigenvalue weighted by molar-refractivity contribution is -0.116. The summed E-state index contributed by atoms with van der Waals surface area (Å²) < 4.78 is 4.97. The van der Waals surface area contributed by atoms with Crippen LogP contribution in [0.1, 0.15) is 46.6 Å².